The van der Waals surface area contributed by atoms with Crippen molar-refractivity contribution in [2.24, 2.45) is 7.05 Å². The van der Waals surface area contributed by atoms with Crippen molar-refractivity contribution in [3.8, 4) is 11.6 Å². The molecule has 0 aliphatic carbocycles. The number of amides is 1. The molecule has 0 unspecified atom stereocenters. The van der Waals surface area contributed by atoms with Crippen molar-refractivity contribution in [2.75, 3.05) is 37.9 Å². The van der Waals surface area contributed by atoms with Gasteiger partial charge in [-0.3, -0.25) is 9.48 Å². The van der Waals surface area contributed by atoms with Crippen LogP contribution in [0.2, 0.25) is 0 Å². The van der Waals surface area contributed by atoms with E-state index in [-0.39, 0.29) is 5.91 Å². The van der Waals surface area contributed by atoms with E-state index in [0.717, 1.165) is 17.1 Å². The molecule has 0 aliphatic heterocycles. The molecule has 0 saturated heterocycles. The lowest BCUT2D eigenvalue weighted by molar-refractivity contribution is 0.0952. The van der Waals surface area contributed by atoms with Crippen LogP contribution in [0.1, 0.15) is 16.1 Å². The molecule has 2 heterocycles. The number of ether oxygens (including phenoxy) is 2. The van der Waals surface area contributed by atoms with Gasteiger partial charge >= 0.3 is 0 Å². The lowest BCUT2D eigenvalue weighted by atomic mass is 10.3. The molecule has 1 aromatic carbocycles. The van der Waals surface area contributed by atoms with Crippen molar-refractivity contribution in [2.45, 2.75) is 6.92 Å². The van der Waals surface area contributed by atoms with Gasteiger partial charge in [0.05, 0.1) is 14.2 Å². The van der Waals surface area contributed by atoms with E-state index in [1.54, 1.807) is 20.4 Å². The first kappa shape index (κ1) is 20.9. The predicted molar refractivity (Wildman–Crippen MR) is 114 cm³/mol. The van der Waals surface area contributed by atoms with Gasteiger partial charge in [0.15, 0.2) is 0 Å². The minimum atomic E-state index is -0.256. The Bertz CT molecular complexity index is 1000. The number of aryl methyl sites for hydroxylation is 2. The quantitative estimate of drug-likeness (QED) is 0.459. The number of carbonyl (C=O) groups is 1. The highest BCUT2D eigenvalue weighted by Crippen LogP contribution is 2.20. The summed E-state index contributed by atoms with van der Waals surface area (Å²) < 4.78 is 11.8. The van der Waals surface area contributed by atoms with Gasteiger partial charge in [-0.15, -0.1) is 5.10 Å². The summed E-state index contributed by atoms with van der Waals surface area (Å²) in [7, 11) is 4.84. The maximum Gasteiger partial charge on any atom is 0.258 e. The number of anilines is 3. The number of nitrogens with one attached hydrogen (secondary N) is 3. The first-order valence-corrected chi connectivity index (χ1v) is 9.35. The number of carbonyl (C=O) groups excluding carboxylic acids is 1. The highest BCUT2D eigenvalue weighted by molar-refractivity contribution is 5.96. The molecule has 3 N–H and O–H groups in total. The zero-order valence-corrected chi connectivity index (χ0v) is 17.4. The Morgan fingerprint density at radius 3 is 2.57 bits per heavy atom. The van der Waals surface area contributed by atoms with Gasteiger partial charge in [0.2, 0.25) is 11.8 Å². The fraction of sp³-hybridized carbons (Fsp3) is 0.300. The van der Waals surface area contributed by atoms with Crippen molar-refractivity contribution in [1.82, 2.24) is 25.1 Å². The van der Waals surface area contributed by atoms with E-state index in [2.05, 4.69) is 31.0 Å². The van der Waals surface area contributed by atoms with Crippen LogP contribution in [0.25, 0.3) is 0 Å². The summed E-state index contributed by atoms with van der Waals surface area (Å²) in [6.45, 7) is 2.73. The lowest BCUT2D eigenvalue weighted by Crippen LogP contribution is -2.29. The highest BCUT2D eigenvalue weighted by Gasteiger charge is 2.15. The summed E-state index contributed by atoms with van der Waals surface area (Å²) in [6, 6.07) is 9.41. The summed E-state index contributed by atoms with van der Waals surface area (Å²) >= 11 is 0. The molecule has 10 heteroatoms. The number of nitrogens with zero attached hydrogens (tertiary/aromatic N) is 4. The molecule has 0 fully saturated rings. The first-order valence-electron chi connectivity index (χ1n) is 9.35. The average Bonchev–Trinajstić information content (AvgIpc) is 3.12. The molecule has 10 nitrogen and oxygen atoms in total. The third-order valence-electron chi connectivity index (χ3n) is 4.14. The van der Waals surface area contributed by atoms with Gasteiger partial charge in [0.1, 0.15) is 17.1 Å². The van der Waals surface area contributed by atoms with Crippen molar-refractivity contribution in [3.05, 3.63) is 47.8 Å². The third-order valence-corrected chi connectivity index (χ3v) is 4.14. The normalized spacial score (nSPS) is 10.4. The fourth-order valence-corrected chi connectivity index (χ4v) is 2.75. The van der Waals surface area contributed by atoms with Gasteiger partial charge < -0.3 is 25.4 Å². The van der Waals surface area contributed by atoms with Gasteiger partial charge in [-0.05, 0) is 31.2 Å². The molecule has 30 heavy (non-hydrogen) atoms. The van der Waals surface area contributed by atoms with E-state index in [1.165, 1.54) is 11.8 Å². The van der Waals surface area contributed by atoms with Crippen LogP contribution in [0.5, 0.6) is 11.6 Å². The molecular formula is C20H25N7O3. The maximum absolute atomic E-state index is 12.3. The molecule has 0 atom stereocenters. The highest BCUT2D eigenvalue weighted by atomic mass is 16.5. The van der Waals surface area contributed by atoms with E-state index in [0.29, 0.717) is 36.3 Å². The molecular weight excluding hydrogens is 386 g/mol. The minimum Gasteiger partial charge on any atom is -0.497 e. The van der Waals surface area contributed by atoms with Crippen molar-refractivity contribution >= 4 is 23.4 Å². The average molecular weight is 411 g/mol. The number of methoxy groups -OCH3 is 2. The Hall–Kier alpha value is -3.82. The van der Waals surface area contributed by atoms with Gasteiger partial charge in [-0.1, -0.05) is 0 Å². The number of hydrogen-bond acceptors (Lipinski definition) is 8. The first-order chi connectivity index (χ1) is 14.5. The van der Waals surface area contributed by atoms with Gasteiger partial charge in [-0.2, -0.15) is 4.98 Å². The Balaban J connectivity index is 1.54. The van der Waals surface area contributed by atoms with Crippen molar-refractivity contribution < 1.29 is 14.3 Å². The molecule has 158 valence electrons. The van der Waals surface area contributed by atoms with Crippen LogP contribution >= 0.6 is 0 Å². The molecule has 0 aliphatic rings. The Labute approximate surface area is 174 Å². The Kier molecular flexibility index (Phi) is 6.68. The van der Waals surface area contributed by atoms with Crippen LogP contribution < -0.4 is 25.4 Å². The van der Waals surface area contributed by atoms with Crippen LogP contribution in [0, 0.1) is 6.92 Å². The Morgan fingerprint density at radius 1 is 1.10 bits per heavy atom. The fourth-order valence-electron chi connectivity index (χ4n) is 2.75. The zero-order chi connectivity index (χ0) is 21.5. The Morgan fingerprint density at radius 2 is 1.87 bits per heavy atom. The van der Waals surface area contributed by atoms with Crippen molar-refractivity contribution in [1.29, 1.82) is 0 Å². The second kappa shape index (κ2) is 9.59. The molecule has 0 radical (unpaired) electrons. The molecule has 0 bridgehead atoms. The molecule has 2 aromatic heterocycles. The maximum atomic E-state index is 12.3. The summed E-state index contributed by atoms with van der Waals surface area (Å²) in [6.07, 6.45) is 1.61. The third kappa shape index (κ3) is 5.37. The second-order valence-electron chi connectivity index (χ2n) is 6.48. The van der Waals surface area contributed by atoms with E-state index >= 15 is 0 Å². The zero-order valence-electron chi connectivity index (χ0n) is 17.4. The van der Waals surface area contributed by atoms with Gasteiger partial charge in [0, 0.05) is 43.8 Å². The van der Waals surface area contributed by atoms with Crippen LogP contribution in [-0.4, -0.2) is 53.0 Å². The molecule has 3 aromatic rings. The second-order valence-corrected chi connectivity index (χ2v) is 6.48. The molecule has 3 rings (SSSR count). The summed E-state index contributed by atoms with van der Waals surface area (Å²) in [5, 5.41) is 13.3. The lowest BCUT2D eigenvalue weighted by Gasteiger charge is -2.11. The van der Waals surface area contributed by atoms with Crippen molar-refractivity contribution in [3.63, 3.8) is 0 Å². The largest absolute Gasteiger partial charge is 0.497 e. The molecule has 1 amide bonds. The number of benzene rings is 1. The van der Waals surface area contributed by atoms with Gasteiger partial charge in [-0.25, -0.2) is 4.98 Å². The number of hydrogen-bond donors (Lipinski definition) is 3. The van der Waals surface area contributed by atoms with E-state index < -0.39 is 0 Å². The SMILES string of the molecule is COc1ccc(Nc2cc(C)nc(NCCNC(=O)c3cn(C)nc3OC)n2)cc1. The monoisotopic (exact) mass is 411 g/mol. The predicted octanol–water partition coefficient (Wildman–Crippen LogP) is 2.12. The van der Waals surface area contributed by atoms with E-state index in [1.807, 2.05) is 37.3 Å². The number of rotatable bonds is 9. The van der Waals surface area contributed by atoms with Crippen LogP contribution in [0.15, 0.2) is 36.5 Å². The van der Waals surface area contributed by atoms with Crippen LogP contribution in [0.4, 0.5) is 17.5 Å². The van der Waals surface area contributed by atoms with E-state index in [4.69, 9.17) is 9.47 Å². The standard InChI is InChI=1S/C20H25N7O3/c1-13-11-17(24-14-5-7-15(29-3)8-6-14)25-20(23-13)22-10-9-21-18(28)16-12-27(2)26-19(16)30-4/h5-8,11-12H,9-10H2,1-4H3,(H,21,28)(H2,22,23,24,25). The van der Waals surface area contributed by atoms with Gasteiger partial charge in [0.25, 0.3) is 5.91 Å². The summed E-state index contributed by atoms with van der Waals surface area (Å²) in [5.41, 5.74) is 2.09. The van der Waals surface area contributed by atoms with E-state index in [9.17, 15) is 4.79 Å². The van der Waals surface area contributed by atoms with Crippen LogP contribution in [0.3, 0.4) is 0 Å². The summed E-state index contributed by atoms with van der Waals surface area (Å²) in [5.74, 6) is 1.96. The molecule has 0 spiro atoms. The molecule has 0 saturated carbocycles. The number of aromatic nitrogens is 4. The minimum absolute atomic E-state index is 0.256. The topological polar surface area (TPSA) is 115 Å². The smallest absolute Gasteiger partial charge is 0.258 e. The summed E-state index contributed by atoms with van der Waals surface area (Å²) in [4.78, 5) is 21.1. The van der Waals surface area contributed by atoms with Crippen LogP contribution in [-0.2, 0) is 7.05 Å².